The second kappa shape index (κ2) is 5.85. The third kappa shape index (κ3) is 3.98. The van der Waals surface area contributed by atoms with E-state index in [-0.39, 0.29) is 17.5 Å². The van der Waals surface area contributed by atoms with E-state index in [4.69, 9.17) is 12.2 Å². The summed E-state index contributed by atoms with van der Waals surface area (Å²) in [4.78, 5) is 0. The minimum Gasteiger partial charge on any atom is -0.329 e. The summed E-state index contributed by atoms with van der Waals surface area (Å²) in [6, 6.07) is -0.0863. The van der Waals surface area contributed by atoms with E-state index in [0.29, 0.717) is 13.0 Å². The number of sulfone groups is 1. The molecule has 0 saturated carbocycles. The van der Waals surface area contributed by atoms with Crippen LogP contribution < -0.4 is 11.1 Å². The molecule has 0 aromatic carbocycles. The molecule has 0 aliphatic carbocycles. The van der Waals surface area contributed by atoms with Crippen LogP contribution in [0.1, 0.15) is 32.6 Å². The second-order valence-electron chi connectivity index (χ2n) is 4.83. The molecule has 1 saturated heterocycles. The van der Waals surface area contributed by atoms with E-state index in [9.17, 15) is 8.42 Å². The summed E-state index contributed by atoms with van der Waals surface area (Å²) in [5.41, 5.74) is 5.24. The SMILES string of the molecule is C#CC(CCC)NC1(CN)CCCS(=O)(=O)C1. The average Bonchev–Trinajstić information content (AvgIpc) is 2.27. The van der Waals surface area contributed by atoms with E-state index in [1.807, 2.05) is 0 Å². The van der Waals surface area contributed by atoms with Gasteiger partial charge in [-0.05, 0) is 19.3 Å². The van der Waals surface area contributed by atoms with Crippen LogP contribution in [-0.2, 0) is 9.84 Å². The fourth-order valence-corrected chi connectivity index (χ4v) is 4.30. The number of terminal acetylenes is 1. The van der Waals surface area contributed by atoms with Crippen LogP contribution in [0.4, 0.5) is 0 Å². The Morgan fingerprint density at radius 3 is 2.76 bits per heavy atom. The highest BCUT2D eigenvalue weighted by Crippen LogP contribution is 2.23. The third-order valence-corrected chi connectivity index (χ3v) is 5.16. The van der Waals surface area contributed by atoms with Crippen LogP contribution in [0.15, 0.2) is 0 Å². The van der Waals surface area contributed by atoms with Crippen LogP contribution >= 0.6 is 0 Å². The molecule has 1 aliphatic heterocycles. The number of hydrogen-bond acceptors (Lipinski definition) is 4. The molecule has 1 heterocycles. The number of hydrogen-bond donors (Lipinski definition) is 2. The predicted octanol–water partition coefficient (Wildman–Crippen LogP) is 0.284. The lowest BCUT2D eigenvalue weighted by Crippen LogP contribution is -2.60. The van der Waals surface area contributed by atoms with E-state index in [2.05, 4.69) is 18.2 Å². The maximum atomic E-state index is 11.7. The average molecular weight is 258 g/mol. The Bertz CT molecular complexity index is 386. The molecule has 1 aliphatic rings. The van der Waals surface area contributed by atoms with Crippen molar-refractivity contribution in [2.75, 3.05) is 18.1 Å². The van der Waals surface area contributed by atoms with Crippen LogP contribution in [0.3, 0.4) is 0 Å². The first-order valence-electron chi connectivity index (χ1n) is 6.11. The summed E-state index contributed by atoms with van der Waals surface area (Å²) in [6.07, 6.45) is 8.71. The molecule has 5 heteroatoms. The van der Waals surface area contributed by atoms with Crippen molar-refractivity contribution in [2.45, 2.75) is 44.2 Å². The van der Waals surface area contributed by atoms with E-state index in [1.54, 1.807) is 0 Å². The van der Waals surface area contributed by atoms with Crippen molar-refractivity contribution in [2.24, 2.45) is 5.73 Å². The minimum atomic E-state index is -2.98. The van der Waals surface area contributed by atoms with Gasteiger partial charge in [0, 0.05) is 12.1 Å². The summed E-state index contributed by atoms with van der Waals surface area (Å²) in [6.45, 7) is 2.37. The van der Waals surface area contributed by atoms with Gasteiger partial charge in [0.25, 0.3) is 0 Å². The van der Waals surface area contributed by atoms with Crippen LogP contribution in [0.25, 0.3) is 0 Å². The van der Waals surface area contributed by atoms with Crippen LogP contribution in [0.2, 0.25) is 0 Å². The van der Waals surface area contributed by atoms with Gasteiger partial charge in [-0.1, -0.05) is 19.3 Å². The Hall–Kier alpha value is -0.570. The molecule has 17 heavy (non-hydrogen) atoms. The van der Waals surface area contributed by atoms with E-state index in [1.165, 1.54) is 0 Å². The summed E-state index contributed by atoms with van der Waals surface area (Å²) in [7, 11) is -2.98. The van der Waals surface area contributed by atoms with Crippen LogP contribution in [-0.4, -0.2) is 38.0 Å². The molecule has 2 unspecified atom stereocenters. The first-order valence-corrected chi connectivity index (χ1v) is 7.93. The summed E-state index contributed by atoms with van der Waals surface area (Å²) in [5, 5.41) is 3.29. The Kier molecular flexibility index (Phi) is 4.99. The number of nitrogens with two attached hydrogens (primary N) is 1. The van der Waals surface area contributed by atoms with Gasteiger partial charge in [-0.25, -0.2) is 8.42 Å². The summed E-state index contributed by atoms with van der Waals surface area (Å²) >= 11 is 0. The van der Waals surface area contributed by atoms with Crippen molar-refractivity contribution in [1.29, 1.82) is 0 Å². The molecule has 2 atom stereocenters. The number of nitrogens with one attached hydrogen (secondary N) is 1. The van der Waals surface area contributed by atoms with Crippen molar-refractivity contribution in [1.82, 2.24) is 5.32 Å². The maximum Gasteiger partial charge on any atom is 0.152 e. The lowest BCUT2D eigenvalue weighted by atomic mass is 9.93. The molecule has 0 bridgehead atoms. The Labute approximate surface area is 104 Å². The first-order chi connectivity index (χ1) is 7.97. The highest BCUT2D eigenvalue weighted by molar-refractivity contribution is 7.91. The monoisotopic (exact) mass is 258 g/mol. The van der Waals surface area contributed by atoms with Crippen LogP contribution in [0, 0.1) is 12.3 Å². The van der Waals surface area contributed by atoms with E-state index >= 15 is 0 Å². The molecule has 0 aromatic rings. The zero-order valence-corrected chi connectivity index (χ0v) is 11.2. The lowest BCUT2D eigenvalue weighted by Gasteiger charge is -2.38. The van der Waals surface area contributed by atoms with E-state index in [0.717, 1.165) is 19.3 Å². The van der Waals surface area contributed by atoms with Gasteiger partial charge < -0.3 is 5.73 Å². The van der Waals surface area contributed by atoms with Gasteiger partial charge in [-0.2, -0.15) is 0 Å². The predicted molar refractivity (Wildman–Crippen MR) is 70.3 cm³/mol. The molecule has 0 aromatic heterocycles. The standard InChI is InChI=1S/C12H22N2O2S/c1-3-6-11(4-2)14-12(9-13)7-5-8-17(15,16)10-12/h2,11,14H,3,5-10,13H2,1H3. The van der Waals surface area contributed by atoms with Gasteiger partial charge in [0.2, 0.25) is 0 Å². The smallest absolute Gasteiger partial charge is 0.152 e. The summed E-state index contributed by atoms with van der Waals surface area (Å²) in [5.74, 6) is 3.05. The Balaban J connectivity index is 2.78. The largest absolute Gasteiger partial charge is 0.329 e. The molecule has 0 amide bonds. The highest BCUT2D eigenvalue weighted by Gasteiger charge is 2.38. The van der Waals surface area contributed by atoms with Gasteiger partial charge in [0.05, 0.1) is 17.5 Å². The maximum absolute atomic E-state index is 11.7. The Morgan fingerprint density at radius 2 is 2.29 bits per heavy atom. The second-order valence-corrected chi connectivity index (χ2v) is 7.02. The molecule has 0 spiro atoms. The lowest BCUT2D eigenvalue weighted by molar-refractivity contribution is 0.304. The zero-order valence-electron chi connectivity index (χ0n) is 10.4. The molecule has 0 radical (unpaired) electrons. The summed E-state index contributed by atoms with van der Waals surface area (Å²) < 4.78 is 23.4. The van der Waals surface area contributed by atoms with Crippen molar-refractivity contribution in [3.8, 4) is 12.3 Å². The highest BCUT2D eigenvalue weighted by atomic mass is 32.2. The van der Waals surface area contributed by atoms with Crippen LogP contribution in [0.5, 0.6) is 0 Å². The van der Waals surface area contributed by atoms with Gasteiger partial charge in [0.15, 0.2) is 9.84 Å². The van der Waals surface area contributed by atoms with Gasteiger partial charge in [-0.3, -0.25) is 5.32 Å². The molecule has 1 fully saturated rings. The quantitative estimate of drug-likeness (QED) is 0.695. The van der Waals surface area contributed by atoms with Crippen molar-refractivity contribution < 1.29 is 8.42 Å². The molecule has 3 N–H and O–H groups in total. The van der Waals surface area contributed by atoms with Gasteiger partial charge in [0.1, 0.15) is 0 Å². The zero-order chi connectivity index (χ0) is 12.9. The molecule has 4 nitrogen and oxygen atoms in total. The van der Waals surface area contributed by atoms with Gasteiger partial charge in [-0.15, -0.1) is 6.42 Å². The fraction of sp³-hybridized carbons (Fsp3) is 0.833. The molecule has 98 valence electrons. The van der Waals surface area contributed by atoms with Crippen molar-refractivity contribution in [3.05, 3.63) is 0 Å². The molecular formula is C12H22N2O2S. The van der Waals surface area contributed by atoms with Gasteiger partial charge >= 0.3 is 0 Å². The first kappa shape index (κ1) is 14.5. The topological polar surface area (TPSA) is 72.2 Å². The normalized spacial score (nSPS) is 29.5. The van der Waals surface area contributed by atoms with E-state index < -0.39 is 15.4 Å². The Morgan fingerprint density at radius 1 is 1.59 bits per heavy atom. The minimum absolute atomic E-state index is 0.0863. The fourth-order valence-electron chi connectivity index (χ4n) is 2.38. The van der Waals surface area contributed by atoms with Crippen molar-refractivity contribution >= 4 is 9.84 Å². The van der Waals surface area contributed by atoms with Crippen molar-refractivity contribution in [3.63, 3.8) is 0 Å². The molecular weight excluding hydrogens is 236 g/mol. The third-order valence-electron chi connectivity index (χ3n) is 3.26. The number of rotatable bonds is 5. The molecule has 1 rings (SSSR count).